The Morgan fingerprint density at radius 3 is 1.46 bits per heavy atom. The lowest BCUT2D eigenvalue weighted by Gasteiger charge is -2.45. The van der Waals surface area contributed by atoms with E-state index in [4.69, 9.17) is 52.3 Å². The zero-order chi connectivity index (χ0) is 53.0. The van der Waals surface area contributed by atoms with Gasteiger partial charge in [0.15, 0.2) is 0 Å². The van der Waals surface area contributed by atoms with Gasteiger partial charge in [0.05, 0.1) is 50.1 Å². The zero-order valence-corrected chi connectivity index (χ0v) is 42.0. The normalized spacial score (nSPS) is 21.4. The fourth-order valence-corrected chi connectivity index (χ4v) is 8.17. The van der Waals surface area contributed by atoms with Crippen LogP contribution in [0, 0.1) is 27.1 Å². The van der Waals surface area contributed by atoms with Crippen molar-refractivity contribution in [3.05, 3.63) is 35.4 Å². The van der Waals surface area contributed by atoms with Crippen LogP contribution in [0.2, 0.25) is 0 Å². The molecule has 0 bridgehead atoms. The number of aliphatic carboxylic acids is 2. The van der Waals surface area contributed by atoms with E-state index in [0.29, 0.717) is 42.0 Å². The number of hydrogen-bond acceptors (Lipinski definition) is 17. The molecule has 1 aromatic carbocycles. The van der Waals surface area contributed by atoms with E-state index in [2.05, 4.69) is 56.3 Å². The molecule has 0 radical (unpaired) electrons. The highest BCUT2D eigenvalue weighted by molar-refractivity contribution is 6.14. The molecule has 19 nitrogen and oxygen atoms in total. The number of nitrogens with two attached hydrogens (primary N) is 2. The van der Waals surface area contributed by atoms with Crippen LogP contribution in [0.1, 0.15) is 166 Å². The van der Waals surface area contributed by atoms with Crippen molar-refractivity contribution in [2.24, 2.45) is 48.5 Å². The molecular formula is C49H86N4O15. The van der Waals surface area contributed by atoms with Gasteiger partial charge in [-0.3, -0.25) is 9.59 Å². The summed E-state index contributed by atoms with van der Waals surface area (Å²) in [5, 5.41) is 65.0. The van der Waals surface area contributed by atoms with Crippen LogP contribution < -0.4 is 11.5 Å². The number of cyclic esters (lactones) is 2. The molecule has 1 aliphatic heterocycles. The van der Waals surface area contributed by atoms with Crippen LogP contribution in [-0.4, -0.2) is 142 Å². The molecule has 0 saturated heterocycles. The van der Waals surface area contributed by atoms with Gasteiger partial charge in [-0.2, -0.15) is 0 Å². The first kappa shape index (κ1) is 68.0. The highest BCUT2D eigenvalue weighted by Crippen LogP contribution is 2.47. The van der Waals surface area contributed by atoms with Gasteiger partial charge in [-0.15, -0.1) is 0 Å². The monoisotopic (exact) mass is 971 g/mol. The molecular weight excluding hydrogens is 885 g/mol. The van der Waals surface area contributed by atoms with Crippen LogP contribution >= 0.6 is 0 Å². The molecule has 392 valence electrons. The minimum Gasteiger partial charge on any atom is -0.481 e. The fraction of sp³-hybridized carbons (Fsp3) is 0.755. The predicted octanol–water partition coefficient (Wildman–Crippen LogP) is 4.94. The quantitative estimate of drug-likeness (QED) is 0.0325. The second kappa shape index (κ2) is 36.7. The van der Waals surface area contributed by atoms with Crippen LogP contribution in [0.25, 0.3) is 0 Å². The van der Waals surface area contributed by atoms with Gasteiger partial charge in [-0.1, -0.05) is 80.4 Å². The first-order chi connectivity index (χ1) is 31.6. The Bertz CT molecular complexity index is 1620. The highest BCUT2D eigenvalue weighted by Gasteiger charge is 2.41. The molecule has 4 rings (SSSR count). The number of hydrogen-bond donors (Lipinski definition) is 10. The third kappa shape index (κ3) is 34.9. The number of esters is 2. The van der Waals surface area contributed by atoms with Crippen molar-refractivity contribution in [2.75, 3.05) is 52.7 Å². The summed E-state index contributed by atoms with van der Waals surface area (Å²) < 4.78 is 4.35. The average molecular weight is 971 g/mol. The van der Waals surface area contributed by atoms with E-state index < -0.39 is 23.9 Å². The molecule has 4 unspecified atom stereocenters. The number of unbranched alkanes of at least 4 members (excludes halogenated alkanes) is 4. The summed E-state index contributed by atoms with van der Waals surface area (Å²) in [6, 6.07) is 6.89. The number of fused-ring (bicyclic) bond motifs is 1. The Hall–Kier alpha value is -4.26. The molecule has 0 aromatic heterocycles. The van der Waals surface area contributed by atoms with E-state index in [-0.39, 0.29) is 80.2 Å². The van der Waals surface area contributed by atoms with Crippen molar-refractivity contribution in [2.45, 2.75) is 157 Å². The van der Waals surface area contributed by atoms with E-state index in [9.17, 15) is 28.8 Å². The number of carbonyl (C=O) groups excluding carboxylic acids is 4. The van der Waals surface area contributed by atoms with E-state index in [1.807, 2.05) is 0 Å². The number of rotatable bonds is 17. The Morgan fingerprint density at radius 2 is 1.12 bits per heavy atom. The third-order valence-electron chi connectivity index (χ3n) is 10.8. The van der Waals surface area contributed by atoms with Gasteiger partial charge in [-0.25, -0.2) is 29.2 Å². The summed E-state index contributed by atoms with van der Waals surface area (Å²) in [5.74, 6) is -2.84. The van der Waals surface area contributed by atoms with Crippen molar-refractivity contribution in [1.29, 1.82) is 0 Å². The van der Waals surface area contributed by atoms with E-state index >= 15 is 0 Å². The second-order valence-corrected chi connectivity index (χ2v) is 20.4. The molecule has 3 aliphatic rings. The van der Waals surface area contributed by atoms with E-state index in [1.165, 1.54) is 6.42 Å². The van der Waals surface area contributed by atoms with Crippen molar-refractivity contribution in [3.63, 3.8) is 0 Å². The molecule has 4 atom stereocenters. The molecule has 2 saturated carbocycles. The lowest BCUT2D eigenvalue weighted by molar-refractivity contribution is -0.139. The van der Waals surface area contributed by atoms with Gasteiger partial charge in [0.25, 0.3) is 0 Å². The molecule has 2 aliphatic carbocycles. The number of aliphatic hydroxyl groups is 6. The summed E-state index contributed by atoms with van der Waals surface area (Å²) in [7, 11) is 0. The molecule has 2 fully saturated rings. The minimum absolute atomic E-state index is 0.00750. The van der Waals surface area contributed by atoms with Crippen molar-refractivity contribution in [1.82, 2.24) is 0 Å². The summed E-state index contributed by atoms with van der Waals surface area (Å²) in [5.41, 5.74) is 12.9. The van der Waals surface area contributed by atoms with Gasteiger partial charge in [0.1, 0.15) is 0 Å². The zero-order valence-electron chi connectivity index (χ0n) is 42.0. The Labute approximate surface area is 403 Å². The van der Waals surface area contributed by atoms with Gasteiger partial charge < -0.3 is 57.1 Å². The standard InChI is InChI=1S/C12H18N2O2.C10H22N2.C8H4O3.C6H10O4.C6H14O2.C5H12O2.C2H6O2/c1-11(2)4-10(14-9-16)5-12(3,6-11)7-13-8-15;1-9(2)4-8(12)5-10(3,6-9)7-11;9-7-5-3-1-2-4-6(5)8(10)11-7;7-5(8)3-1-2-4-6(9)10;7-5-3-1-2-4-6-8;1-5(2,3-6)4-7;3-1-2-4/h10H,4-7H2,1-3H3;8H,4-7,11-12H2,1-3H3;1-4H;1-4H2,(H,7,8)(H,9,10);7-8H,1-6H2;6-7H,3-4H2,1-2H3;3-4H,1-2H2. The van der Waals surface area contributed by atoms with Crippen molar-refractivity contribution in [3.8, 4) is 0 Å². The maximum atomic E-state index is 10.8. The maximum Gasteiger partial charge on any atom is 0.346 e. The lowest BCUT2D eigenvalue weighted by atomic mass is 9.63. The van der Waals surface area contributed by atoms with Gasteiger partial charge in [0, 0.05) is 37.5 Å². The molecule has 1 heterocycles. The van der Waals surface area contributed by atoms with Crippen molar-refractivity contribution >= 4 is 36.0 Å². The Kier molecular flexibility index (Phi) is 36.7. The van der Waals surface area contributed by atoms with Crippen LogP contribution in [0.5, 0.6) is 0 Å². The number of benzene rings is 1. The first-order valence-corrected chi connectivity index (χ1v) is 23.2. The molecule has 0 spiro atoms. The number of carboxylic acids is 2. The molecule has 1 aromatic rings. The molecule has 68 heavy (non-hydrogen) atoms. The maximum absolute atomic E-state index is 10.8. The minimum atomic E-state index is -0.870. The number of carbonyl (C=O) groups is 4. The summed E-state index contributed by atoms with van der Waals surface area (Å²) in [6.07, 6.45) is 14.2. The molecule has 19 heteroatoms. The van der Waals surface area contributed by atoms with Gasteiger partial charge in [-0.05, 0) is 105 Å². The van der Waals surface area contributed by atoms with Gasteiger partial charge >= 0.3 is 23.9 Å². The predicted molar refractivity (Wildman–Crippen MR) is 258 cm³/mol. The highest BCUT2D eigenvalue weighted by atomic mass is 16.6. The largest absolute Gasteiger partial charge is 0.481 e. The summed E-state index contributed by atoms with van der Waals surface area (Å²) >= 11 is 0. The summed E-state index contributed by atoms with van der Waals surface area (Å²) in [6.45, 7) is 18.5. The SMILES string of the molecule is CC(C)(CO)CO.CC1(C)CC(N)CC(C)(CN)C1.CC1(C)CC(N=C=O)CC(C)(CN=C=O)C1.O=C(O)CCCCC(=O)O.O=C1OC(=O)c2ccccc21.OCCCCCCO.OCCO. The summed E-state index contributed by atoms with van der Waals surface area (Å²) in [4.78, 5) is 69.5. The van der Waals surface area contributed by atoms with Crippen LogP contribution in [-0.2, 0) is 23.9 Å². The molecule has 12 N–H and O–H groups in total. The fourth-order valence-electron chi connectivity index (χ4n) is 8.17. The number of aliphatic hydroxyl groups excluding tert-OH is 6. The number of aliphatic imine (C=N–C) groups is 2. The first-order valence-electron chi connectivity index (χ1n) is 23.2. The number of ether oxygens (including phenoxy) is 1. The van der Waals surface area contributed by atoms with E-state index in [0.717, 1.165) is 64.3 Å². The number of carboxylic acid groups (broad SMARTS) is 2. The number of isocyanates is 2. The number of nitrogens with zero attached hydrogens (tertiary/aromatic N) is 2. The smallest absolute Gasteiger partial charge is 0.346 e. The Morgan fingerprint density at radius 1 is 0.676 bits per heavy atom. The van der Waals surface area contributed by atoms with Gasteiger partial charge in [0.2, 0.25) is 12.2 Å². The Balaban J connectivity index is -0.000000747. The van der Waals surface area contributed by atoms with Crippen LogP contribution in [0.3, 0.4) is 0 Å². The third-order valence-corrected chi connectivity index (χ3v) is 10.8. The molecule has 0 amide bonds. The lowest BCUT2D eigenvalue weighted by Crippen LogP contribution is -2.45. The average Bonchev–Trinajstić information content (AvgIpc) is 3.55. The topological polar surface area (TPSA) is 350 Å². The van der Waals surface area contributed by atoms with Crippen LogP contribution in [0.4, 0.5) is 0 Å². The second-order valence-electron chi connectivity index (χ2n) is 20.4. The van der Waals surface area contributed by atoms with Crippen molar-refractivity contribution < 1.29 is 74.4 Å². The van der Waals surface area contributed by atoms with Crippen LogP contribution in [0.15, 0.2) is 34.3 Å². The van der Waals surface area contributed by atoms with E-state index in [1.54, 1.807) is 50.3 Å².